The molecule has 1 heterocycles. The van der Waals surface area contributed by atoms with E-state index in [0.29, 0.717) is 6.04 Å². The molecule has 0 bridgehead atoms. The first-order valence-electron chi connectivity index (χ1n) is 5.89. The third-order valence-electron chi connectivity index (χ3n) is 3.27. The lowest BCUT2D eigenvalue weighted by atomic mass is 9.95. The Morgan fingerprint density at radius 1 is 1.35 bits per heavy atom. The summed E-state index contributed by atoms with van der Waals surface area (Å²) < 4.78 is 7.32. The van der Waals surface area contributed by atoms with Crippen LogP contribution < -0.4 is 5.32 Å². The molecule has 1 saturated carbocycles. The minimum Gasteiger partial charge on any atom is -0.452 e. The molecule has 0 radical (unpaired) electrons. The van der Waals surface area contributed by atoms with E-state index in [2.05, 4.69) is 43.4 Å². The van der Waals surface area contributed by atoms with Crippen LogP contribution in [0.3, 0.4) is 0 Å². The van der Waals surface area contributed by atoms with Crippen LogP contribution in [-0.4, -0.2) is 17.5 Å². The molecule has 0 aromatic carbocycles. The highest BCUT2D eigenvalue weighted by molar-refractivity contribution is 9.13. The van der Waals surface area contributed by atoms with Crippen LogP contribution in [0.1, 0.15) is 31.4 Å². The predicted molar refractivity (Wildman–Crippen MR) is 80.5 cm³/mol. The van der Waals surface area contributed by atoms with E-state index in [1.165, 1.54) is 25.7 Å². The van der Waals surface area contributed by atoms with E-state index in [0.717, 1.165) is 26.7 Å². The zero-order valence-electron chi connectivity index (χ0n) is 9.84. The summed E-state index contributed by atoms with van der Waals surface area (Å²) in [6.45, 7) is 0.818. The van der Waals surface area contributed by atoms with Gasteiger partial charge in [0.1, 0.15) is 5.76 Å². The summed E-state index contributed by atoms with van der Waals surface area (Å²) in [5, 5.41) is 4.45. The average molecular weight is 383 g/mol. The van der Waals surface area contributed by atoms with Gasteiger partial charge >= 0.3 is 0 Å². The maximum atomic E-state index is 5.55. The highest BCUT2D eigenvalue weighted by atomic mass is 79.9. The van der Waals surface area contributed by atoms with Crippen LogP contribution in [0.4, 0.5) is 0 Å². The van der Waals surface area contributed by atoms with Gasteiger partial charge < -0.3 is 9.73 Å². The van der Waals surface area contributed by atoms with Gasteiger partial charge in [-0.25, -0.2) is 0 Å². The van der Waals surface area contributed by atoms with Crippen molar-refractivity contribution in [2.24, 2.45) is 0 Å². The summed E-state index contributed by atoms with van der Waals surface area (Å²) in [4.78, 5) is 0. The molecule has 2 rings (SSSR count). The normalized spacial score (nSPS) is 25.1. The summed E-state index contributed by atoms with van der Waals surface area (Å²) in [7, 11) is 0. The highest BCUT2D eigenvalue weighted by Gasteiger charge is 2.20. The third kappa shape index (κ3) is 4.01. The number of furan rings is 1. The second-order valence-corrected chi connectivity index (χ2v) is 7.14. The molecule has 1 fully saturated rings. The van der Waals surface area contributed by atoms with Gasteiger partial charge in [-0.15, -0.1) is 0 Å². The molecule has 1 aliphatic rings. The fourth-order valence-corrected chi connectivity index (χ4v) is 3.63. The highest BCUT2D eigenvalue weighted by Crippen LogP contribution is 2.28. The van der Waals surface area contributed by atoms with Crippen molar-refractivity contribution in [3.8, 4) is 0 Å². The molecule has 1 aliphatic carbocycles. The minimum absolute atomic E-state index is 0.654. The summed E-state index contributed by atoms with van der Waals surface area (Å²) in [6.07, 6.45) is 7.47. The summed E-state index contributed by atoms with van der Waals surface area (Å²) in [5.41, 5.74) is 0. The van der Waals surface area contributed by atoms with E-state index in [4.69, 9.17) is 4.42 Å². The van der Waals surface area contributed by atoms with Crippen LogP contribution in [0.25, 0.3) is 0 Å². The van der Waals surface area contributed by atoms with E-state index in [-0.39, 0.29) is 0 Å². The predicted octanol–water partition coefficient (Wildman–Crippen LogP) is 4.57. The van der Waals surface area contributed by atoms with Crippen molar-refractivity contribution in [2.75, 3.05) is 6.26 Å². The van der Waals surface area contributed by atoms with Gasteiger partial charge in [-0.3, -0.25) is 0 Å². The van der Waals surface area contributed by atoms with Crippen LogP contribution in [0.2, 0.25) is 0 Å². The Labute approximate surface area is 124 Å². The molecule has 1 N–H and O–H groups in total. The number of halogens is 2. The number of hydrogen-bond acceptors (Lipinski definition) is 3. The van der Waals surface area contributed by atoms with E-state index in [1.807, 2.05) is 17.8 Å². The molecule has 0 saturated heterocycles. The Hall–Kier alpha value is 0.550. The number of hydrogen-bond donors (Lipinski definition) is 1. The van der Waals surface area contributed by atoms with Gasteiger partial charge in [0.2, 0.25) is 0 Å². The van der Waals surface area contributed by atoms with Gasteiger partial charge in [-0.2, -0.15) is 11.8 Å². The van der Waals surface area contributed by atoms with Crippen LogP contribution in [-0.2, 0) is 6.54 Å². The number of thioether (sulfide) groups is 1. The van der Waals surface area contributed by atoms with Crippen LogP contribution in [0.5, 0.6) is 0 Å². The van der Waals surface area contributed by atoms with Crippen molar-refractivity contribution in [1.29, 1.82) is 0 Å². The van der Waals surface area contributed by atoms with Gasteiger partial charge in [0.15, 0.2) is 4.67 Å². The number of rotatable bonds is 4. The Bertz CT molecular complexity index is 342. The maximum absolute atomic E-state index is 5.55. The molecule has 96 valence electrons. The van der Waals surface area contributed by atoms with Gasteiger partial charge in [0.05, 0.1) is 11.0 Å². The third-order valence-corrected chi connectivity index (χ3v) is 6.12. The average Bonchev–Trinajstić information content (AvgIpc) is 2.67. The van der Waals surface area contributed by atoms with E-state index < -0.39 is 0 Å². The van der Waals surface area contributed by atoms with E-state index in [1.54, 1.807) is 0 Å². The Morgan fingerprint density at radius 3 is 2.59 bits per heavy atom. The van der Waals surface area contributed by atoms with E-state index >= 15 is 0 Å². The number of nitrogens with one attached hydrogen (secondary N) is 1. The lowest BCUT2D eigenvalue weighted by Gasteiger charge is -2.27. The lowest BCUT2D eigenvalue weighted by Crippen LogP contribution is -2.33. The molecule has 17 heavy (non-hydrogen) atoms. The first-order valence-corrected chi connectivity index (χ1v) is 8.76. The molecule has 1 aromatic heterocycles. The van der Waals surface area contributed by atoms with Gasteiger partial charge in [-0.1, -0.05) is 0 Å². The van der Waals surface area contributed by atoms with Crippen molar-refractivity contribution >= 4 is 43.6 Å². The standard InChI is InChI=1S/C12H17Br2NOS/c1-17-10-4-2-8(3-5-10)15-7-9-6-11(13)12(14)16-9/h6,8,10,15H,2-5,7H2,1H3. The maximum Gasteiger partial charge on any atom is 0.183 e. The molecule has 2 nitrogen and oxygen atoms in total. The summed E-state index contributed by atoms with van der Waals surface area (Å²) in [6, 6.07) is 2.67. The molecule has 0 aliphatic heterocycles. The zero-order valence-corrected chi connectivity index (χ0v) is 13.8. The fraction of sp³-hybridized carbons (Fsp3) is 0.667. The topological polar surface area (TPSA) is 25.2 Å². The first kappa shape index (κ1) is 14.0. The van der Waals surface area contributed by atoms with Gasteiger partial charge in [-0.05, 0) is 69.9 Å². The quantitative estimate of drug-likeness (QED) is 0.825. The summed E-state index contributed by atoms with van der Waals surface area (Å²) >= 11 is 8.79. The van der Waals surface area contributed by atoms with Crippen molar-refractivity contribution in [1.82, 2.24) is 5.32 Å². The molecule has 0 spiro atoms. The molecule has 1 aromatic rings. The van der Waals surface area contributed by atoms with Crippen molar-refractivity contribution in [2.45, 2.75) is 43.5 Å². The second-order valence-electron chi connectivity index (χ2n) is 4.42. The minimum atomic E-state index is 0.654. The van der Waals surface area contributed by atoms with Gasteiger partial charge in [0, 0.05) is 11.3 Å². The zero-order chi connectivity index (χ0) is 12.3. The lowest BCUT2D eigenvalue weighted by molar-refractivity contribution is 0.359. The molecule has 0 unspecified atom stereocenters. The molecule has 5 heteroatoms. The molecular weight excluding hydrogens is 366 g/mol. The fourth-order valence-electron chi connectivity index (χ4n) is 2.23. The Balaban J connectivity index is 1.75. The monoisotopic (exact) mass is 381 g/mol. The Morgan fingerprint density at radius 2 is 2.06 bits per heavy atom. The largest absolute Gasteiger partial charge is 0.452 e. The van der Waals surface area contributed by atoms with Crippen LogP contribution in [0, 0.1) is 0 Å². The van der Waals surface area contributed by atoms with Crippen molar-refractivity contribution in [3.63, 3.8) is 0 Å². The Kier molecular flexibility index (Phi) is 5.46. The second kappa shape index (κ2) is 6.64. The summed E-state index contributed by atoms with van der Waals surface area (Å²) in [5.74, 6) is 0.982. The molecule has 0 amide bonds. The van der Waals surface area contributed by atoms with Gasteiger partial charge in [0.25, 0.3) is 0 Å². The molecular formula is C12H17Br2NOS. The SMILES string of the molecule is CSC1CCC(NCc2cc(Br)c(Br)o2)CC1. The van der Waals surface area contributed by atoms with Crippen molar-refractivity contribution < 1.29 is 4.42 Å². The van der Waals surface area contributed by atoms with Crippen molar-refractivity contribution in [3.05, 3.63) is 21.0 Å². The smallest absolute Gasteiger partial charge is 0.183 e. The first-order chi connectivity index (χ1) is 8.19. The van der Waals surface area contributed by atoms with Crippen LogP contribution >= 0.6 is 43.6 Å². The van der Waals surface area contributed by atoms with E-state index in [9.17, 15) is 0 Å². The molecule has 0 atom stereocenters. The van der Waals surface area contributed by atoms with Crippen LogP contribution in [0.15, 0.2) is 19.6 Å².